The summed E-state index contributed by atoms with van der Waals surface area (Å²) in [4.78, 5) is 24.4. The van der Waals surface area contributed by atoms with E-state index in [0.29, 0.717) is 18.3 Å². The van der Waals surface area contributed by atoms with Gasteiger partial charge in [-0.1, -0.05) is 61.6 Å². The summed E-state index contributed by atoms with van der Waals surface area (Å²) in [6, 6.07) is 17.6. The molecule has 0 saturated heterocycles. The van der Waals surface area contributed by atoms with Crippen molar-refractivity contribution in [2.75, 3.05) is 11.9 Å². The number of rotatable bonds is 4. The highest BCUT2D eigenvalue weighted by Crippen LogP contribution is 2.67. The molecule has 2 amide bonds. The lowest BCUT2D eigenvalue weighted by Crippen LogP contribution is -2.51. The van der Waals surface area contributed by atoms with Crippen molar-refractivity contribution in [2.24, 2.45) is 17.3 Å². The van der Waals surface area contributed by atoms with E-state index in [-0.39, 0.29) is 29.7 Å². The second kappa shape index (κ2) is 11.0. The third-order valence-electron chi connectivity index (χ3n) is 10.6. The van der Waals surface area contributed by atoms with Gasteiger partial charge in [0.15, 0.2) is 5.78 Å². The fourth-order valence-corrected chi connectivity index (χ4v) is 8.40. The normalized spacial score (nSPS) is 30.3. The molecule has 0 bridgehead atoms. The molecule has 3 N–H and O–H groups in total. The van der Waals surface area contributed by atoms with E-state index >= 15 is 0 Å². The SMILES string of the molecule is CCC1(O)CCC2C3CCC4=CC(=O)CCC4=C3[C@@H](c3ccc(C#CCNC(=O)Nc4ccccc4)cc3)CC21C. The first-order valence-corrected chi connectivity index (χ1v) is 15.2. The quantitative estimate of drug-likeness (QED) is 0.364. The van der Waals surface area contributed by atoms with Crippen molar-refractivity contribution in [3.05, 3.63) is 88.5 Å². The zero-order valence-electron chi connectivity index (χ0n) is 24.1. The third kappa shape index (κ3) is 5.04. The van der Waals surface area contributed by atoms with Crippen molar-refractivity contribution in [3.8, 4) is 11.8 Å². The van der Waals surface area contributed by atoms with Crippen LogP contribution in [0.5, 0.6) is 0 Å². The van der Waals surface area contributed by atoms with Gasteiger partial charge in [0.25, 0.3) is 0 Å². The van der Waals surface area contributed by atoms with E-state index in [0.717, 1.165) is 56.2 Å². The Bertz CT molecular complexity index is 1460. The lowest BCUT2D eigenvalue weighted by atomic mass is 9.51. The molecule has 0 aromatic heterocycles. The Morgan fingerprint density at radius 1 is 1.05 bits per heavy atom. The molecular weight excluding hydrogens is 508 g/mol. The average Bonchev–Trinajstić information content (AvgIpc) is 3.26. The molecule has 0 aliphatic heterocycles. The lowest BCUT2D eigenvalue weighted by molar-refractivity contribution is -0.114. The number of hydrogen-bond acceptors (Lipinski definition) is 3. The van der Waals surface area contributed by atoms with Gasteiger partial charge in [0.05, 0.1) is 12.1 Å². The van der Waals surface area contributed by atoms with E-state index in [1.807, 2.05) is 36.4 Å². The van der Waals surface area contributed by atoms with E-state index in [1.165, 1.54) is 16.7 Å². The fraction of sp³-hybridized carbons (Fsp3) is 0.444. The largest absolute Gasteiger partial charge is 0.389 e. The maximum absolute atomic E-state index is 12.3. The monoisotopic (exact) mass is 548 g/mol. The van der Waals surface area contributed by atoms with Gasteiger partial charge in [-0.05, 0) is 104 Å². The zero-order chi connectivity index (χ0) is 28.6. The molecule has 2 aromatic rings. The molecule has 4 aliphatic carbocycles. The lowest BCUT2D eigenvalue weighted by Gasteiger charge is -2.55. The van der Waals surface area contributed by atoms with E-state index < -0.39 is 5.60 Å². The number of anilines is 1. The van der Waals surface area contributed by atoms with E-state index in [9.17, 15) is 14.7 Å². The van der Waals surface area contributed by atoms with Crippen LogP contribution in [0, 0.1) is 29.1 Å². The molecule has 4 unspecified atom stereocenters. The Morgan fingerprint density at radius 3 is 2.59 bits per heavy atom. The highest BCUT2D eigenvalue weighted by atomic mass is 16.3. The number of urea groups is 1. The number of amides is 2. The second-order valence-corrected chi connectivity index (χ2v) is 12.5. The minimum Gasteiger partial charge on any atom is -0.389 e. The highest BCUT2D eigenvalue weighted by Gasteiger charge is 2.62. The van der Waals surface area contributed by atoms with Crippen LogP contribution < -0.4 is 10.6 Å². The van der Waals surface area contributed by atoms with Gasteiger partial charge in [-0.25, -0.2) is 4.79 Å². The van der Waals surface area contributed by atoms with Crippen LogP contribution in [0.15, 0.2) is 77.4 Å². The Hall–Kier alpha value is -3.62. The van der Waals surface area contributed by atoms with Crippen LogP contribution in [0.1, 0.15) is 82.3 Å². The molecule has 6 rings (SSSR count). The summed E-state index contributed by atoms with van der Waals surface area (Å²) in [6.07, 6.45) is 9.10. The first-order valence-electron chi connectivity index (χ1n) is 15.2. The number of hydrogen-bond donors (Lipinski definition) is 3. The molecule has 5 heteroatoms. The molecule has 5 atom stereocenters. The number of aliphatic hydroxyl groups is 1. The number of nitrogens with one attached hydrogen (secondary N) is 2. The number of fused-ring (bicyclic) bond motifs is 4. The molecule has 2 aromatic carbocycles. The number of ketones is 1. The van der Waals surface area contributed by atoms with Crippen LogP contribution in [0.25, 0.3) is 0 Å². The molecule has 41 heavy (non-hydrogen) atoms. The zero-order valence-corrected chi connectivity index (χ0v) is 24.1. The van der Waals surface area contributed by atoms with Crippen molar-refractivity contribution in [3.63, 3.8) is 0 Å². The minimum atomic E-state index is -0.629. The molecule has 0 spiro atoms. The smallest absolute Gasteiger partial charge is 0.319 e. The predicted molar refractivity (Wildman–Crippen MR) is 162 cm³/mol. The summed E-state index contributed by atoms with van der Waals surface area (Å²) in [6.45, 7) is 4.74. The van der Waals surface area contributed by atoms with Crippen molar-refractivity contribution >= 4 is 17.5 Å². The van der Waals surface area contributed by atoms with Gasteiger partial charge in [0.1, 0.15) is 0 Å². The summed E-state index contributed by atoms with van der Waals surface area (Å²) in [5.74, 6) is 7.68. The summed E-state index contributed by atoms with van der Waals surface area (Å²) in [5, 5.41) is 17.4. The number of para-hydroxylation sites is 1. The van der Waals surface area contributed by atoms with Crippen LogP contribution in [-0.4, -0.2) is 29.1 Å². The van der Waals surface area contributed by atoms with Crippen molar-refractivity contribution in [1.82, 2.24) is 5.32 Å². The summed E-state index contributed by atoms with van der Waals surface area (Å²) in [7, 11) is 0. The van der Waals surface area contributed by atoms with E-state index in [2.05, 4.69) is 60.6 Å². The molecule has 5 nitrogen and oxygen atoms in total. The molecule has 4 aliphatic rings. The molecular formula is C36H40N2O3. The molecule has 0 heterocycles. The Kier molecular flexibility index (Phi) is 7.38. The molecule has 212 valence electrons. The van der Waals surface area contributed by atoms with Crippen molar-refractivity contribution in [1.29, 1.82) is 0 Å². The number of benzene rings is 2. The fourth-order valence-electron chi connectivity index (χ4n) is 8.40. The van der Waals surface area contributed by atoms with Crippen LogP contribution in [0.4, 0.5) is 10.5 Å². The van der Waals surface area contributed by atoms with E-state index in [4.69, 9.17) is 0 Å². The summed E-state index contributed by atoms with van der Waals surface area (Å²) >= 11 is 0. The van der Waals surface area contributed by atoms with E-state index in [1.54, 1.807) is 5.57 Å². The van der Waals surface area contributed by atoms with Gasteiger partial charge in [0.2, 0.25) is 0 Å². The van der Waals surface area contributed by atoms with Gasteiger partial charge in [-0.3, -0.25) is 4.79 Å². The van der Waals surface area contributed by atoms with Crippen LogP contribution in [0.3, 0.4) is 0 Å². The van der Waals surface area contributed by atoms with Crippen molar-refractivity contribution < 1.29 is 14.7 Å². The first kappa shape index (κ1) is 27.5. The summed E-state index contributed by atoms with van der Waals surface area (Å²) in [5.41, 5.74) is 6.40. The maximum atomic E-state index is 12.3. The van der Waals surface area contributed by atoms with Crippen LogP contribution in [0.2, 0.25) is 0 Å². The first-order chi connectivity index (χ1) is 19.8. The third-order valence-corrected chi connectivity index (χ3v) is 10.6. The maximum Gasteiger partial charge on any atom is 0.319 e. The summed E-state index contributed by atoms with van der Waals surface area (Å²) < 4.78 is 0. The topological polar surface area (TPSA) is 78.4 Å². The highest BCUT2D eigenvalue weighted by molar-refractivity contribution is 5.93. The predicted octanol–water partition coefficient (Wildman–Crippen LogP) is 6.90. The van der Waals surface area contributed by atoms with Gasteiger partial charge in [-0.2, -0.15) is 0 Å². The van der Waals surface area contributed by atoms with Crippen molar-refractivity contribution in [2.45, 2.75) is 76.7 Å². The van der Waals surface area contributed by atoms with Gasteiger partial charge >= 0.3 is 6.03 Å². The molecule has 2 fully saturated rings. The Balaban J connectivity index is 1.24. The molecule has 2 saturated carbocycles. The second-order valence-electron chi connectivity index (χ2n) is 12.5. The Labute approximate surface area is 243 Å². The Morgan fingerprint density at radius 2 is 1.83 bits per heavy atom. The number of carbonyl (C=O) groups is 2. The van der Waals surface area contributed by atoms with Gasteiger partial charge in [0, 0.05) is 29.0 Å². The van der Waals surface area contributed by atoms with Crippen LogP contribution in [-0.2, 0) is 4.79 Å². The average molecular weight is 549 g/mol. The van der Waals surface area contributed by atoms with Gasteiger partial charge < -0.3 is 15.7 Å². The minimum absolute atomic E-state index is 0.128. The number of allylic oxidation sites excluding steroid dienone is 4. The van der Waals surface area contributed by atoms with Gasteiger partial charge in [-0.15, -0.1) is 0 Å². The molecule has 0 radical (unpaired) electrons. The van der Waals surface area contributed by atoms with Crippen LogP contribution >= 0.6 is 0 Å². The number of carbonyl (C=O) groups excluding carboxylic acids is 2. The standard InChI is InChI=1S/C36H40N2O3/c1-3-36(41)20-19-32-30-17-15-26-22-28(39)16-18-29(26)33(30)31(23-35(32,36)2)25-13-11-24(12-14-25)8-7-21-37-34(40)38-27-9-5-4-6-10-27/h4-6,9-14,22,30-32,41H,3,15-21,23H2,1-2H3,(H2,37,38,40)/t30?,31-,32?,35?,36?/m1/s1.